The van der Waals surface area contributed by atoms with Crippen molar-refractivity contribution in [3.63, 3.8) is 0 Å². The van der Waals surface area contributed by atoms with E-state index >= 15 is 0 Å². The predicted octanol–water partition coefficient (Wildman–Crippen LogP) is 2.57. The van der Waals surface area contributed by atoms with Crippen molar-refractivity contribution in [3.8, 4) is 0 Å². The number of halogens is 1. The Morgan fingerprint density at radius 3 is 2.50 bits per heavy atom. The van der Waals surface area contributed by atoms with Crippen molar-refractivity contribution in [3.05, 3.63) is 65.0 Å². The molecule has 0 amide bonds. The molecule has 20 heavy (non-hydrogen) atoms. The third-order valence-corrected chi connectivity index (χ3v) is 4.94. The fourth-order valence-electron chi connectivity index (χ4n) is 2.05. The molecule has 0 saturated carbocycles. The van der Waals surface area contributed by atoms with E-state index in [4.69, 9.17) is 5.73 Å². The van der Waals surface area contributed by atoms with Crippen LogP contribution in [0.2, 0.25) is 0 Å². The zero-order valence-corrected chi connectivity index (χ0v) is 12.0. The first-order valence-electron chi connectivity index (χ1n) is 6.20. The highest BCUT2D eigenvalue weighted by Crippen LogP contribution is 2.22. The van der Waals surface area contributed by atoms with Crippen molar-refractivity contribution in [2.24, 2.45) is 5.73 Å². The Balaban J connectivity index is 2.41. The number of hydrogen-bond acceptors (Lipinski definition) is 3. The topological polar surface area (TPSA) is 60.2 Å². The van der Waals surface area contributed by atoms with Crippen LogP contribution in [0.1, 0.15) is 16.7 Å². The molecule has 0 spiro atoms. The van der Waals surface area contributed by atoms with Crippen LogP contribution in [-0.2, 0) is 22.1 Å². The average molecular weight is 293 g/mol. The van der Waals surface area contributed by atoms with Gasteiger partial charge in [0, 0.05) is 12.1 Å². The van der Waals surface area contributed by atoms with Gasteiger partial charge in [0.1, 0.15) is 5.82 Å². The lowest BCUT2D eigenvalue weighted by molar-refractivity contribution is 0.586. The first-order valence-corrected chi connectivity index (χ1v) is 7.85. The second-order valence-electron chi connectivity index (χ2n) is 4.65. The number of hydrogen-bond donors (Lipinski definition) is 1. The van der Waals surface area contributed by atoms with Gasteiger partial charge in [-0.3, -0.25) is 0 Å². The van der Waals surface area contributed by atoms with Crippen LogP contribution in [0.15, 0.2) is 47.4 Å². The first-order chi connectivity index (χ1) is 9.44. The minimum Gasteiger partial charge on any atom is -0.326 e. The number of sulfone groups is 1. The summed E-state index contributed by atoms with van der Waals surface area (Å²) < 4.78 is 38.5. The predicted molar refractivity (Wildman–Crippen MR) is 76.4 cm³/mol. The van der Waals surface area contributed by atoms with Crippen LogP contribution in [0.25, 0.3) is 0 Å². The van der Waals surface area contributed by atoms with Crippen molar-refractivity contribution in [1.82, 2.24) is 0 Å². The molecule has 0 saturated heterocycles. The Morgan fingerprint density at radius 1 is 1.15 bits per heavy atom. The molecule has 0 aromatic heterocycles. The lowest BCUT2D eigenvalue weighted by Crippen LogP contribution is -2.09. The maximum atomic E-state index is 13.7. The second kappa shape index (κ2) is 5.73. The Morgan fingerprint density at radius 2 is 1.85 bits per heavy atom. The Labute approximate surface area is 118 Å². The maximum absolute atomic E-state index is 13.7. The highest BCUT2D eigenvalue weighted by molar-refractivity contribution is 7.90. The summed E-state index contributed by atoms with van der Waals surface area (Å²) in [6.45, 7) is 1.97. The molecule has 0 heterocycles. The van der Waals surface area contributed by atoms with Gasteiger partial charge in [0.05, 0.1) is 10.6 Å². The minimum atomic E-state index is -3.57. The SMILES string of the molecule is Cc1ccccc1S(=O)(=O)Cc1cc(CN)ccc1F. The van der Waals surface area contributed by atoms with Crippen LogP contribution in [-0.4, -0.2) is 8.42 Å². The molecule has 0 fully saturated rings. The van der Waals surface area contributed by atoms with Crippen LogP contribution >= 0.6 is 0 Å². The fraction of sp³-hybridized carbons (Fsp3) is 0.200. The van der Waals surface area contributed by atoms with Gasteiger partial charge in [-0.05, 0) is 30.2 Å². The fourth-order valence-corrected chi connectivity index (χ4v) is 3.68. The average Bonchev–Trinajstić information content (AvgIpc) is 2.41. The summed E-state index contributed by atoms with van der Waals surface area (Å²) in [6, 6.07) is 11.0. The first kappa shape index (κ1) is 14.7. The zero-order valence-electron chi connectivity index (χ0n) is 11.1. The molecule has 2 rings (SSSR count). The van der Waals surface area contributed by atoms with Crippen molar-refractivity contribution in [1.29, 1.82) is 0 Å². The van der Waals surface area contributed by atoms with E-state index in [1.54, 1.807) is 31.2 Å². The van der Waals surface area contributed by atoms with Crippen LogP contribution in [0.4, 0.5) is 4.39 Å². The molecule has 0 aliphatic heterocycles. The summed E-state index contributed by atoms with van der Waals surface area (Å²) >= 11 is 0. The number of rotatable bonds is 4. The Hall–Kier alpha value is -1.72. The van der Waals surface area contributed by atoms with Crippen LogP contribution in [0, 0.1) is 12.7 Å². The summed E-state index contributed by atoms with van der Waals surface area (Å²) in [5, 5.41) is 0. The summed E-state index contributed by atoms with van der Waals surface area (Å²) in [5.41, 5.74) is 7.01. The molecule has 0 bridgehead atoms. The van der Waals surface area contributed by atoms with Crippen LogP contribution in [0.5, 0.6) is 0 Å². The van der Waals surface area contributed by atoms with E-state index < -0.39 is 15.7 Å². The van der Waals surface area contributed by atoms with Gasteiger partial charge in [-0.15, -0.1) is 0 Å². The molecular formula is C15H16FNO2S. The van der Waals surface area contributed by atoms with E-state index in [9.17, 15) is 12.8 Å². The molecular weight excluding hydrogens is 277 g/mol. The van der Waals surface area contributed by atoms with Gasteiger partial charge < -0.3 is 5.73 Å². The maximum Gasteiger partial charge on any atom is 0.182 e. The van der Waals surface area contributed by atoms with E-state index in [0.717, 1.165) is 0 Å². The summed E-state index contributed by atoms with van der Waals surface area (Å²) in [6.07, 6.45) is 0. The van der Waals surface area contributed by atoms with Gasteiger partial charge in [-0.1, -0.05) is 30.3 Å². The van der Waals surface area contributed by atoms with Crippen molar-refractivity contribution < 1.29 is 12.8 Å². The molecule has 106 valence electrons. The van der Waals surface area contributed by atoms with E-state index in [-0.39, 0.29) is 22.8 Å². The molecule has 0 radical (unpaired) electrons. The highest BCUT2D eigenvalue weighted by atomic mass is 32.2. The molecule has 0 aliphatic rings. The summed E-state index contributed by atoms with van der Waals surface area (Å²) in [5.74, 6) is -0.892. The molecule has 0 aliphatic carbocycles. The molecule has 0 atom stereocenters. The van der Waals surface area contributed by atoms with Crippen molar-refractivity contribution in [2.75, 3.05) is 0 Å². The second-order valence-corrected chi connectivity index (χ2v) is 6.61. The van der Waals surface area contributed by atoms with E-state index in [0.29, 0.717) is 11.1 Å². The molecule has 0 unspecified atom stereocenters. The lowest BCUT2D eigenvalue weighted by Gasteiger charge is -2.09. The van der Waals surface area contributed by atoms with Gasteiger partial charge in [0.25, 0.3) is 0 Å². The van der Waals surface area contributed by atoms with Gasteiger partial charge in [0.15, 0.2) is 9.84 Å². The summed E-state index contributed by atoms with van der Waals surface area (Å²) in [4.78, 5) is 0.234. The van der Waals surface area contributed by atoms with Crippen molar-refractivity contribution >= 4 is 9.84 Å². The molecule has 2 N–H and O–H groups in total. The normalized spacial score (nSPS) is 11.6. The summed E-state index contributed by atoms with van der Waals surface area (Å²) in [7, 11) is -3.57. The molecule has 2 aromatic rings. The highest BCUT2D eigenvalue weighted by Gasteiger charge is 2.19. The largest absolute Gasteiger partial charge is 0.326 e. The number of aryl methyl sites for hydroxylation is 1. The molecule has 2 aromatic carbocycles. The minimum absolute atomic E-state index is 0.149. The Bertz CT molecular complexity index is 726. The van der Waals surface area contributed by atoms with E-state index in [2.05, 4.69) is 0 Å². The Kier molecular flexibility index (Phi) is 4.20. The number of benzene rings is 2. The standard InChI is InChI=1S/C15H16FNO2S/c1-11-4-2-3-5-15(11)20(18,19)10-13-8-12(9-17)6-7-14(13)16/h2-8H,9-10,17H2,1H3. The van der Waals surface area contributed by atoms with E-state index in [1.807, 2.05) is 0 Å². The molecule has 5 heteroatoms. The van der Waals surface area contributed by atoms with Gasteiger partial charge in [-0.25, -0.2) is 12.8 Å². The van der Waals surface area contributed by atoms with Crippen LogP contribution < -0.4 is 5.73 Å². The third-order valence-electron chi connectivity index (χ3n) is 3.12. The van der Waals surface area contributed by atoms with Gasteiger partial charge in [-0.2, -0.15) is 0 Å². The monoisotopic (exact) mass is 293 g/mol. The third kappa shape index (κ3) is 3.05. The smallest absolute Gasteiger partial charge is 0.182 e. The van der Waals surface area contributed by atoms with Gasteiger partial charge in [0.2, 0.25) is 0 Å². The van der Waals surface area contributed by atoms with Gasteiger partial charge >= 0.3 is 0 Å². The zero-order chi connectivity index (χ0) is 14.8. The quantitative estimate of drug-likeness (QED) is 0.942. The number of nitrogens with two attached hydrogens (primary N) is 1. The van der Waals surface area contributed by atoms with E-state index in [1.165, 1.54) is 18.2 Å². The van der Waals surface area contributed by atoms with Crippen LogP contribution in [0.3, 0.4) is 0 Å². The van der Waals surface area contributed by atoms with Crippen molar-refractivity contribution in [2.45, 2.75) is 24.1 Å². The lowest BCUT2D eigenvalue weighted by atomic mass is 10.1. The molecule has 3 nitrogen and oxygen atoms in total.